The molecule has 2 unspecified atom stereocenters. The third kappa shape index (κ3) is 17.3. The Kier molecular flexibility index (Phi) is 19.6. The molecule has 4 N–H and O–H groups in total. The van der Waals surface area contributed by atoms with Crippen LogP contribution in [0.3, 0.4) is 0 Å². The highest BCUT2D eigenvalue weighted by molar-refractivity contribution is 4.64. The largest absolute Gasteiger partial charge is 0.316 e. The van der Waals surface area contributed by atoms with Crippen molar-refractivity contribution in [3.8, 4) is 0 Å². The first-order valence-electron chi connectivity index (χ1n) is 12.1. The minimum Gasteiger partial charge on any atom is -0.316 e. The van der Waals surface area contributed by atoms with Crippen LogP contribution in [0.1, 0.15) is 136 Å². The van der Waals surface area contributed by atoms with Gasteiger partial charge in [0.25, 0.3) is 0 Å². The molecule has 0 rings (SSSR count). The highest BCUT2D eigenvalue weighted by Gasteiger charge is 2.11. The first kappa shape index (κ1) is 25.9. The maximum Gasteiger partial charge on any atom is 0.0520 e. The van der Waals surface area contributed by atoms with Gasteiger partial charge in [-0.15, -0.1) is 0 Å². The molecular formula is C24H52N2. The predicted octanol–water partition coefficient (Wildman–Crippen LogP) is 7.54. The smallest absolute Gasteiger partial charge is 0.0520 e. The van der Waals surface area contributed by atoms with E-state index in [4.69, 9.17) is 11.5 Å². The molecule has 0 bridgehead atoms. The fraction of sp³-hybridized carbons (Fsp3) is 1.00. The zero-order valence-electron chi connectivity index (χ0n) is 18.6. The third-order valence-corrected chi connectivity index (χ3v) is 6.25. The monoisotopic (exact) mass is 368 g/mol. The number of nitrogens with two attached hydrogens (primary N) is 2. The quantitative estimate of drug-likeness (QED) is 0.172. The summed E-state index contributed by atoms with van der Waals surface area (Å²) < 4.78 is 0. The minimum atomic E-state index is -0.109. The summed E-state index contributed by atoms with van der Waals surface area (Å²) in [5.41, 5.74) is 11.2. The number of unbranched alkanes of at least 4 members (excludes halogenated alkanes) is 9. The van der Waals surface area contributed by atoms with Crippen LogP contribution >= 0.6 is 0 Å². The summed E-state index contributed by atoms with van der Waals surface area (Å²) in [4.78, 5) is 0. The molecule has 0 aromatic heterocycles. The highest BCUT2D eigenvalue weighted by Crippen LogP contribution is 2.26. The first-order valence-corrected chi connectivity index (χ1v) is 12.1. The van der Waals surface area contributed by atoms with Crippen LogP contribution in [0.15, 0.2) is 0 Å². The Balaban J connectivity index is 3.66. The van der Waals surface area contributed by atoms with Crippen molar-refractivity contribution in [2.45, 2.75) is 143 Å². The van der Waals surface area contributed by atoms with E-state index < -0.39 is 0 Å². The van der Waals surface area contributed by atoms with Gasteiger partial charge in [0, 0.05) is 0 Å². The molecule has 2 nitrogen and oxygen atoms in total. The second-order valence-electron chi connectivity index (χ2n) is 8.69. The lowest BCUT2D eigenvalue weighted by Crippen LogP contribution is -2.29. The third-order valence-electron chi connectivity index (χ3n) is 6.25. The van der Waals surface area contributed by atoms with Crippen LogP contribution in [-0.4, -0.2) is 6.17 Å². The van der Waals surface area contributed by atoms with Gasteiger partial charge in [-0.05, 0) is 18.3 Å². The van der Waals surface area contributed by atoms with Crippen molar-refractivity contribution in [3.63, 3.8) is 0 Å². The van der Waals surface area contributed by atoms with Gasteiger partial charge < -0.3 is 11.5 Å². The van der Waals surface area contributed by atoms with E-state index in [0.29, 0.717) is 0 Å². The Morgan fingerprint density at radius 1 is 0.462 bits per heavy atom. The molecular weight excluding hydrogens is 316 g/mol. The van der Waals surface area contributed by atoms with Crippen LogP contribution in [0.5, 0.6) is 0 Å². The Hall–Kier alpha value is -0.0800. The van der Waals surface area contributed by atoms with Gasteiger partial charge in [0.05, 0.1) is 6.17 Å². The molecule has 0 radical (unpaired) electrons. The molecule has 0 aliphatic rings. The zero-order valence-corrected chi connectivity index (χ0v) is 18.6. The summed E-state index contributed by atoms with van der Waals surface area (Å²) in [6.07, 6.45) is 24.8. The lowest BCUT2D eigenvalue weighted by Gasteiger charge is -2.20. The molecule has 158 valence electrons. The van der Waals surface area contributed by atoms with Crippen LogP contribution in [0.25, 0.3) is 0 Å². The van der Waals surface area contributed by atoms with E-state index >= 15 is 0 Å². The van der Waals surface area contributed by atoms with E-state index in [1.54, 1.807) is 0 Å². The standard InChI is InChI=1S/C24H52N2/c1-4-7-8-9-11-14-17-22(5-2)20-21-23(6-3)18-15-12-10-13-16-19-24(25)26/h22-24H,4-21,25-26H2,1-3H3. The molecule has 2 atom stereocenters. The van der Waals surface area contributed by atoms with E-state index in [0.717, 1.165) is 18.3 Å². The average molecular weight is 369 g/mol. The van der Waals surface area contributed by atoms with E-state index in [1.807, 2.05) is 0 Å². The highest BCUT2D eigenvalue weighted by atomic mass is 14.8. The second-order valence-corrected chi connectivity index (χ2v) is 8.69. The van der Waals surface area contributed by atoms with Crippen molar-refractivity contribution in [3.05, 3.63) is 0 Å². The fourth-order valence-electron chi connectivity index (χ4n) is 4.13. The number of hydrogen-bond donors (Lipinski definition) is 2. The summed E-state index contributed by atoms with van der Waals surface area (Å²) in [6, 6.07) is 0. The normalized spacial score (nSPS) is 14.1. The van der Waals surface area contributed by atoms with Crippen molar-refractivity contribution < 1.29 is 0 Å². The molecule has 0 aliphatic carbocycles. The average Bonchev–Trinajstić information content (AvgIpc) is 2.63. The topological polar surface area (TPSA) is 52.0 Å². The van der Waals surface area contributed by atoms with E-state index in [1.165, 1.54) is 109 Å². The van der Waals surface area contributed by atoms with Gasteiger partial charge in [-0.2, -0.15) is 0 Å². The molecule has 26 heavy (non-hydrogen) atoms. The summed E-state index contributed by atoms with van der Waals surface area (Å²) in [5.74, 6) is 1.95. The molecule has 0 heterocycles. The number of rotatable bonds is 20. The summed E-state index contributed by atoms with van der Waals surface area (Å²) >= 11 is 0. The SMILES string of the molecule is CCCCCCCCC(CC)CCC(CC)CCCCCCCC(N)N. The van der Waals surface area contributed by atoms with Crippen LogP contribution in [0.4, 0.5) is 0 Å². The van der Waals surface area contributed by atoms with Gasteiger partial charge in [-0.3, -0.25) is 0 Å². The lowest BCUT2D eigenvalue weighted by atomic mass is 9.86. The Morgan fingerprint density at radius 3 is 1.23 bits per heavy atom. The Labute approximate surface area is 166 Å². The van der Waals surface area contributed by atoms with Gasteiger partial charge >= 0.3 is 0 Å². The van der Waals surface area contributed by atoms with E-state index in [2.05, 4.69) is 20.8 Å². The molecule has 0 aromatic carbocycles. The molecule has 2 heteroatoms. The molecule has 0 aliphatic heterocycles. The maximum atomic E-state index is 5.60. The Bertz CT molecular complexity index is 265. The van der Waals surface area contributed by atoms with Crippen LogP contribution in [0.2, 0.25) is 0 Å². The molecule has 0 aromatic rings. The van der Waals surface area contributed by atoms with Gasteiger partial charge in [-0.25, -0.2) is 0 Å². The zero-order chi connectivity index (χ0) is 19.5. The summed E-state index contributed by atoms with van der Waals surface area (Å²) in [7, 11) is 0. The molecule has 0 amide bonds. The molecule has 0 fully saturated rings. The van der Waals surface area contributed by atoms with Crippen LogP contribution in [-0.2, 0) is 0 Å². The van der Waals surface area contributed by atoms with Crippen LogP contribution in [0, 0.1) is 11.8 Å². The van der Waals surface area contributed by atoms with Crippen molar-refractivity contribution >= 4 is 0 Å². The van der Waals surface area contributed by atoms with Gasteiger partial charge in [0.2, 0.25) is 0 Å². The van der Waals surface area contributed by atoms with Crippen molar-refractivity contribution in [2.24, 2.45) is 23.3 Å². The Morgan fingerprint density at radius 2 is 0.846 bits per heavy atom. The summed E-state index contributed by atoms with van der Waals surface area (Å²) in [5, 5.41) is 0. The minimum absolute atomic E-state index is 0.109. The first-order chi connectivity index (χ1) is 12.6. The van der Waals surface area contributed by atoms with Gasteiger partial charge in [0.15, 0.2) is 0 Å². The lowest BCUT2D eigenvalue weighted by molar-refractivity contribution is 0.333. The predicted molar refractivity (Wildman–Crippen MR) is 119 cm³/mol. The van der Waals surface area contributed by atoms with E-state index in [-0.39, 0.29) is 6.17 Å². The van der Waals surface area contributed by atoms with Gasteiger partial charge in [0.1, 0.15) is 0 Å². The van der Waals surface area contributed by atoms with Crippen molar-refractivity contribution in [1.82, 2.24) is 0 Å². The molecule has 0 spiro atoms. The maximum absolute atomic E-state index is 5.60. The molecule has 0 saturated carbocycles. The van der Waals surface area contributed by atoms with Crippen molar-refractivity contribution in [1.29, 1.82) is 0 Å². The number of hydrogen-bond acceptors (Lipinski definition) is 2. The second kappa shape index (κ2) is 19.7. The van der Waals surface area contributed by atoms with E-state index in [9.17, 15) is 0 Å². The van der Waals surface area contributed by atoms with Crippen molar-refractivity contribution in [2.75, 3.05) is 0 Å². The molecule has 0 saturated heterocycles. The van der Waals surface area contributed by atoms with Crippen LogP contribution < -0.4 is 11.5 Å². The fourth-order valence-corrected chi connectivity index (χ4v) is 4.13. The summed E-state index contributed by atoms with van der Waals surface area (Å²) in [6.45, 7) is 7.09. The van der Waals surface area contributed by atoms with Gasteiger partial charge in [-0.1, -0.05) is 130 Å².